The van der Waals surface area contributed by atoms with Crippen molar-refractivity contribution in [1.29, 1.82) is 0 Å². The van der Waals surface area contributed by atoms with Crippen LogP contribution in [0.25, 0.3) is 0 Å². The predicted molar refractivity (Wildman–Crippen MR) is 60.7 cm³/mol. The molecule has 0 N–H and O–H groups in total. The molecule has 0 spiro atoms. The van der Waals surface area contributed by atoms with Crippen LogP contribution in [0.4, 0.5) is 4.79 Å². The van der Waals surface area contributed by atoms with Gasteiger partial charge < -0.3 is 9.47 Å². The summed E-state index contributed by atoms with van der Waals surface area (Å²) in [4.78, 5) is 23.2. The number of carbonyl (C=O) groups is 2. The van der Waals surface area contributed by atoms with Crippen molar-refractivity contribution in [3.05, 3.63) is 24.4 Å². The molecule has 1 aliphatic rings. The van der Waals surface area contributed by atoms with E-state index in [9.17, 15) is 9.59 Å². The Hall–Kier alpha value is -2.22. The molecule has 0 aliphatic carbocycles. The molecule has 0 unspecified atom stereocenters. The van der Waals surface area contributed by atoms with Crippen molar-refractivity contribution in [2.45, 2.75) is 13.0 Å². The maximum Gasteiger partial charge on any atom is 0.414 e. The summed E-state index contributed by atoms with van der Waals surface area (Å²) in [6, 6.07) is -0.400. The summed E-state index contributed by atoms with van der Waals surface area (Å²) in [5, 5.41) is 0. The Morgan fingerprint density at radius 3 is 2.82 bits per heavy atom. The van der Waals surface area contributed by atoms with E-state index in [2.05, 4.69) is 21.3 Å². The van der Waals surface area contributed by atoms with Crippen LogP contribution >= 0.6 is 0 Å². The number of ether oxygens (including phenoxy) is 2. The van der Waals surface area contributed by atoms with Crippen LogP contribution in [0.3, 0.4) is 0 Å². The zero-order valence-corrected chi connectivity index (χ0v) is 9.67. The van der Waals surface area contributed by atoms with E-state index in [1.165, 1.54) is 18.9 Å². The smallest absolute Gasteiger partial charge is 0.414 e. The van der Waals surface area contributed by atoms with Crippen LogP contribution < -0.4 is 0 Å². The molecule has 1 aliphatic heterocycles. The second kappa shape index (κ2) is 6.38. The number of carbonyl (C=O) groups excluding carboxylic acids is 2. The molecule has 90 valence electrons. The average molecular weight is 235 g/mol. The quantitative estimate of drug-likeness (QED) is 0.504. The fourth-order valence-electron chi connectivity index (χ4n) is 1.18. The molecule has 0 saturated carbocycles. The average Bonchev–Trinajstić information content (AvgIpc) is 2.34. The largest absolute Gasteiger partial charge is 0.453 e. The van der Waals surface area contributed by atoms with Gasteiger partial charge >= 0.3 is 12.1 Å². The Bertz CT molecular complexity index is 414. The second-order valence-corrected chi connectivity index (χ2v) is 3.15. The van der Waals surface area contributed by atoms with Crippen LogP contribution in [0.1, 0.15) is 6.92 Å². The van der Waals surface area contributed by atoms with Crippen molar-refractivity contribution >= 4 is 12.1 Å². The minimum Gasteiger partial charge on any atom is -0.453 e. The molecule has 17 heavy (non-hydrogen) atoms. The number of methoxy groups -OCH3 is 1. The van der Waals surface area contributed by atoms with Gasteiger partial charge in [-0.1, -0.05) is 17.9 Å². The third-order valence-corrected chi connectivity index (χ3v) is 1.93. The molecule has 1 atom stereocenters. The van der Waals surface area contributed by atoms with Gasteiger partial charge in [0.1, 0.15) is 6.04 Å². The third kappa shape index (κ3) is 4.03. The Morgan fingerprint density at radius 2 is 2.18 bits per heavy atom. The normalized spacial score (nSPS) is 17.1. The maximum atomic E-state index is 11.4. The number of nitrogens with zero attached hydrogens (tertiary/aromatic N) is 1. The van der Waals surface area contributed by atoms with Crippen LogP contribution in [0.5, 0.6) is 0 Å². The van der Waals surface area contributed by atoms with Gasteiger partial charge in [-0.15, -0.1) is 0 Å². The Morgan fingerprint density at radius 1 is 1.41 bits per heavy atom. The molecule has 5 nitrogen and oxygen atoms in total. The molecule has 0 aromatic heterocycles. The summed E-state index contributed by atoms with van der Waals surface area (Å²) in [6.07, 6.45) is 6.33. The minimum atomic E-state index is -0.489. The van der Waals surface area contributed by atoms with E-state index >= 15 is 0 Å². The first kappa shape index (κ1) is 12.8. The summed E-state index contributed by atoms with van der Waals surface area (Å²) in [6.45, 7) is 1.32. The molecule has 1 heterocycles. The molecular weight excluding hydrogens is 222 g/mol. The summed E-state index contributed by atoms with van der Waals surface area (Å²) in [5.41, 5.74) is 0. The molecule has 0 aromatic carbocycles. The SMILES string of the molecule is COC(=O)N1C=CC=C[C@@H]1C#CCOC(C)=O. The van der Waals surface area contributed by atoms with Crippen molar-refractivity contribution in [1.82, 2.24) is 4.90 Å². The van der Waals surface area contributed by atoms with Crippen LogP contribution in [-0.4, -0.2) is 36.7 Å². The standard InChI is InChI=1S/C12H13NO4/c1-10(14)17-9-5-7-11-6-3-4-8-13(11)12(15)16-2/h3-4,6,8,11H,9H2,1-2H3/t11-/m1/s1. The summed E-state index contributed by atoms with van der Waals surface area (Å²) >= 11 is 0. The number of allylic oxidation sites excluding steroid dienone is 2. The highest BCUT2D eigenvalue weighted by atomic mass is 16.5. The van der Waals surface area contributed by atoms with Crippen LogP contribution in [0, 0.1) is 11.8 Å². The highest BCUT2D eigenvalue weighted by molar-refractivity contribution is 5.70. The van der Waals surface area contributed by atoms with E-state index in [0.29, 0.717) is 0 Å². The van der Waals surface area contributed by atoms with Gasteiger partial charge in [0.25, 0.3) is 0 Å². The molecule has 0 fully saturated rings. The molecule has 0 saturated heterocycles. The van der Waals surface area contributed by atoms with Gasteiger partial charge in [0.05, 0.1) is 7.11 Å². The van der Waals surface area contributed by atoms with Crippen molar-refractivity contribution in [2.75, 3.05) is 13.7 Å². The first-order chi connectivity index (χ1) is 8.15. The fourth-order valence-corrected chi connectivity index (χ4v) is 1.18. The number of hydrogen-bond acceptors (Lipinski definition) is 4. The third-order valence-electron chi connectivity index (χ3n) is 1.93. The van der Waals surface area contributed by atoms with E-state index < -0.39 is 12.1 Å². The van der Waals surface area contributed by atoms with Gasteiger partial charge in [-0.05, 0) is 12.2 Å². The molecule has 1 amide bonds. The lowest BCUT2D eigenvalue weighted by Crippen LogP contribution is -2.35. The zero-order chi connectivity index (χ0) is 12.7. The lowest BCUT2D eigenvalue weighted by molar-refractivity contribution is -0.139. The molecular formula is C12H13NO4. The Kier molecular flexibility index (Phi) is 4.82. The van der Waals surface area contributed by atoms with Crippen molar-refractivity contribution in [3.8, 4) is 11.8 Å². The van der Waals surface area contributed by atoms with E-state index in [-0.39, 0.29) is 12.6 Å². The Labute approximate surface area is 99.7 Å². The van der Waals surface area contributed by atoms with Gasteiger partial charge in [-0.3, -0.25) is 9.69 Å². The van der Waals surface area contributed by atoms with Gasteiger partial charge in [0.2, 0.25) is 0 Å². The monoisotopic (exact) mass is 235 g/mol. The summed E-state index contributed by atoms with van der Waals surface area (Å²) in [7, 11) is 1.30. The molecule has 1 rings (SSSR count). The summed E-state index contributed by atoms with van der Waals surface area (Å²) < 4.78 is 9.28. The molecule has 0 bridgehead atoms. The second-order valence-electron chi connectivity index (χ2n) is 3.15. The van der Waals surface area contributed by atoms with Crippen LogP contribution in [0.2, 0.25) is 0 Å². The van der Waals surface area contributed by atoms with E-state index in [1.807, 2.05) is 0 Å². The molecule has 5 heteroatoms. The first-order valence-electron chi connectivity index (χ1n) is 4.98. The Balaban J connectivity index is 2.61. The van der Waals surface area contributed by atoms with E-state index in [0.717, 1.165) is 0 Å². The first-order valence-corrected chi connectivity index (χ1v) is 4.98. The van der Waals surface area contributed by atoms with E-state index in [4.69, 9.17) is 0 Å². The fraction of sp³-hybridized carbons (Fsp3) is 0.333. The number of hydrogen-bond donors (Lipinski definition) is 0. The molecule has 0 aromatic rings. The predicted octanol–water partition coefficient (Wildman–Crippen LogP) is 1.07. The highest BCUT2D eigenvalue weighted by Crippen LogP contribution is 2.08. The van der Waals surface area contributed by atoms with Crippen LogP contribution in [0.15, 0.2) is 24.4 Å². The van der Waals surface area contributed by atoms with Crippen molar-refractivity contribution < 1.29 is 19.1 Å². The summed E-state index contributed by atoms with van der Waals surface area (Å²) in [5.74, 6) is 5.08. The number of rotatable bonds is 1. The maximum absolute atomic E-state index is 11.4. The zero-order valence-electron chi connectivity index (χ0n) is 9.67. The lowest BCUT2D eigenvalue weighted by Gasteiger charge is -2.22. The van der Waals surface area contributed by atoms with E-state index in [1.54, 1.807) is 24.4 Å². The topological polar surface area (TPSA) is 55.8 Å². The number of esters is 1. The van der Waals surface area contributed by atoms with Gasteiger partial charge in [0, 0.05) is 13.1 Å². The minimum absolute atomic E-state index is 0.0123. The van der Waals surface area contributed by atoms with Gasteiger partial charge in [0.15, 0.2) is 6.61 Å². The van der Waals surface area contributed by atoms with Gasteiger partial charge in [-0.25, -0.2) is 4.79 Å². The van der Waals surface area contributed by atoms with Crippen LogP contribution in [-0.2, 0) is 14.3 Å². The van der Waals surface area contributed by atoms with Crippen molar-refractivity contribution in [2.24, 2.45) is 0 Å². The van der Waals surface area contributed by atoms with Crippen molar-refractivity contribution in [3.63, 3.8) is 0 Å². The van der Waals surface area contributed by atoms with Gasteiger partial charge in [-0.2, -0.15) is 0 Å². The highest BCUT2D eigenvalue weighted by Gasteiger charge is 2.19. The molecule has 0 radical (unpaired) electrons. The number of amides is 1. The lowest BCUT2D eigenvalue weighted by atomic mass is 10.2.